The number of nitrogens with zero attached hydrogens (tertiary/aromatic N) is 1. The van der Waals surface area contributed by atoms with Crippen molar-refractivity contribution in [2.24, 2.45) is 0 Å². The van der Waals surface area contributed by atoms with Gasteiger partial charge in [-0.15, -0.1) is 0 Å². The quantitative estimate of drug-likeness (QED) is 0.746. The van der Waals surface area contributed by atoms with Gasteiger partial charge in [0.25, 0.3) is 10.0 Å². The number of carbonyl (C=O) groups excluding carboxylic acids is 1. The van der Waals surface area contributed by atoms with Crippen molar-refractivity contribution >= 4 is 39.3 Å². The summed E-state index contributed by atoms with van der Waals surface area (Å²) in [7, 11) is -4.18. The van der Waals surface area contributed by atoms with Crippen molar-refractivity contribution in [2.75, 3.05) is 13.2 Å². The van der Waals surface area contributed by atoms with Gasteiger partial charge in [-0.1, -0.05) is 29.3 Å². The van der Waals surface area contributed by atoms with Crippen LogP contribution in [0.3, 0.4) is 0 Å². The molecular weight excluding hydrogens is 405 g/mol. The maximum absolute atomic E-state index is 12.9. The molecule has 0 N–H and O–H groups in total. The smallest absolute Gasteiger partial charge is 0.429 e. The molecule has 26 heavy (non-hydrogen) atoms. The van der Waals surface area contributed by atoms with Crippen molar-refractivity contribution in [1.29, 1.82) is 0 Å². The Morgan fingerprint density at radius 2 is 1.77 bits per heavy atom. The van der Waals surface area contributed by atoms with Crippen LogP contribution < -0.4 is 14.2 Å². The third-order valence-corrected chi connectivity index (χ3v) is 6.08. The number of ether oxygens (including phenoxy) is 3. The van der Waals surface area contributed by atoms with Gasteiger partial charge in [0.15, 0.2) is 17.2 Å². The first-order valence-corrected chi connectivity index (χ1v) is 9.68. The Labute approximate surface area is 159 Å². The van der Waals surface area contributed by atoms with Crippen LogP contribution in [-0.4, -0.2) is 32.0 Å². The molecule has 0 aliphatic carbocycles. The van der Waals surface area contributed by atoms with Crippen LogP contribution in [-0.2, 0) is 16.6 Å². The number of hydrogen-bond acceptors (Lipinski definition) is 6. The topological polar surface area (TPSA) is 82.1 Å². The second-order valence-electron chi connectivity index (χ2n) is 5.57. The highest BCUT2D eigenvalue weighted by atomic mass is 35.5. The average molecular weight is 416 g/mol. The van der Waals surface area contributed by atoms with Crippen LogP contribution in [0.5, 0.6) is 17.2 Å². The van der Waals surface area contributed by atoms with Crippen molar-refractivity contribution in [2.45, 2.75) is 11.4 Å². The van der Waals surface area contributed by atoms with Gasteiger partial charge >= 0.3 is 6.09 Å². The van der Waals surface area contributed by atoms with E-state index in [0.717, 1.165) is 0 Å². The lowest BCUT2D eigenvalue weighted by Crippen LogP contribution is -2.42. The molecule has 2 heterocycles. The minimum Gasteiger partial charge on any atom is -0.486 e. The van der Waals surface area contributed by atoms with Crippen molar-refractivity contribution < 1.29 is 27.4 Å². The lowest BCUT2D eigenvalue weighted by atomic mass is 10.2. The molecule has 0 saturated carbocycles. The van der Waals surface area contributed by atoms with Crippen molar-refractivity contribution in [3.63, 3.8) is 0 Å². The molecule has 0 atom stereocenters. The molecule has 0 saturated heterocycles. The molecule has 2 aromatic rings. The number of rotatable bonds is 2. The highest BCUT2D eigenvalue weighted by molar-refractivity contribution is 7.89. The van der Waals surface area contributed by atoms with Gasteiger partial charge in [0.1, 0.15) is 18.1 Å². The lowest BCUT2D eigenvalue weighted by Gasteiger charge is -2.28. The Balaban J connectivity index is 1.72. The summed E-state index contributed by atoms with van der Waals surface area (Å²) in [4.78, 5) is 12.0. The van der Waals surface area contributed by atoms with Gasteiger partial charge < -0.3 is 14.2 Å². The van der Waals surface area contributed by atoms with Gasteiger partial charge in [-0.3, -0.25) is 0 Å². The fourth-order valence-corrected chi connectivity index (χ4v) is 4.79. The summed E-state index contributed by atoms with van der Waals surface area (Å²) < 4.78 is 42.4. The summed E-state index contributed by atoms with van der Waals surface area (Å²) in [6.07, 6.45) is -1.04. The number of halogens is 2. The number of carbonyl (C=O) groups is 1. The molecule has 1 amide bonds. The Morgan fingerprint density at radius 1 is 1.04 bits per heavy atom. The van der Waals surface area contributed by atoms with Crippen LogP contribution in [0.1, 0.15) is 5.56 Å². The van der Waals surface area contributed by atoms with E-state index in [1.54, 1.807) is 18.2 Å². The van der Waals surface area contributed by atoms with Gasteiger partial charge in [-0.2, -0.15) is 4.31 Å². The zero-order chi connectivity index (χ0) is 18.5. The molecule has 2 aliphatic rings. The van der Waals surface area contributed by atoms with E-state index in [-0.39, 0.29) is 27.2 Å². The molecule has 7 nitrogen and oxygen atoms in total. The maximum atomic E-state index is 12.9. The van der Waals surface area contributed by atoms with Crippen molar-refractivity contribution in [3.8, 4) is 17.2 Å². The Morgan fingerprint density at radius 3 is 2.54 bits per heavy atom. The van der Waals surface area contributed by atoms with Gasteiger partial charge in [-0.25, -0.2) is 13.2 Å². The van der Waals surface area contributed by atoms with Crippen molar-refractivity contribution in [1.82, 2.24) is 4.31 Å². The van der Waals surface area contributed by atoms with Gasteiger partial charge in [-0.05, 0) is 29.8 Å². The molecule has 0 unspecified atom stereocenters. The summed E-state index contributed by atoms with van der Waals surface area (Å²) in [5, 5.41) is 0.0676. The van der Waals surface area contributed by atoms with E-state index in [1.807, 2.05) is 0 Å². The fraction of sp³-hybridized carbons (Fsp3) is 0.188. The van der Waals surface area contributed by atoms with E-state index >= 15 is 0 Å². The van der Waals surface area contributed by atoms with Crippen LogP contribution >= 0.6 is 23.2 Å². The molecule has 0 spiro atoms. The van der Waals surface area contributed by atoms with Crippen LogP contribution in [0, 0.1) is 0 Å². The highest BCUT2D eigenvalue weighted by Crippen LogP contribution is 2.41. The second-order valence-corrected chi connectivity index (χ2v) is 8.25. The Hall–Kier alpha value is -2.16. The van der Waals surface area contributed by atoms with E-state index in [1.165, 1.54) is 12.1 Å². The monoisotopic (exact) mass is 415 g/mol. The zero-order valence-electron chi connectivity index (χ0n) is 13.1. The van der Waals surface area contributed by atoms with Gasteiger partial charge in [0.2, 0.25) is 0 Å². The van der Waals surface area contributed by atoms with Crippen LogP contribution in [0.25, 0.3) is 0 Å². The largest absolute Gasteiger partial charge is 0.486 e. The number of amides is 1. The van der Waals surface area contributed by atoms with Gasteiger partial charge in [0.05, 0.1) is 11.6 Å². The normalized spacial score (nSPS) is 17.5. The SMILES string of the molecule is O=C1Oc2c(Cl)cc(Cl)cc2S(=O)(=O)N1Cc1ccc2c(c1)OCCO2. The van der Waals surface area contributed by atoms with Crippen LogP contribution in [0.2, 0.25) is 10.0 Å². The molecule has 2 aliphatic heterocycles. The van der Waals surface area contributed by atoms with Crippen LogP contribution in [0.4, 0.5) is 4.79 Å². The predicted molar refractivity (Wildman–Crippen MR) is 92.6 cm³/mol. The van der Waals surface area contributed by atoms with E-state index in [4.69, 9.17) is 37.4 Å². The van der Waals surface area contributed by atoms with Crippen molar-refractivity contribution in [3.05, 3.63) is 45.9 Å². The molecule has 2 aromatic carbocycles. The first kappa shape index (κ1) is 17.3. The number of benzene rings is 2. The summed E-state index contributed by atoms with van der Waals surface area (Å²) in [5.41, 5.74) is 0.534. The third-order valence-electron chi connectivity index (χ3n) is 3.87. The molecule has 0 radical (unpaired) electrons. The Kier molecular flexibility index (Phi) is 4.13. The minimum absolute atomic E-state index is 0.0524. The van der Waals surface area contributed by atoms with E-state index < -0.39 is 16.1 Å². The minimum atomic E-state index is -4.18. The molecule has 10 heteroatoms. The highest BCUT2D eigenvalue weighted by Gasteiger charge is 2.40. The standard InChI is InChI=1S/C16H11Cl2NO6S/c17-10-6-11(18)15-14(7-10)26(21,22)19(16(20)25-15)8-9-1-2-12-13(5-9)24-4-3-23-12/h1-2,5-7H,3-4,8H2. The fourth-order valence-electron chi connectivity index (χ4n) is 2.68. The third kappa shape index (κ3) is 2.84. The average Bonchev–Trinajstić information content (AvgIpc) is 2.60. The summed E-state index contributed by atoms with van der Waals surface area (Å²) in [6, 6.07) is 7.44. The van der Waals surface area contributed by atoms with E-state index in [0.29, 0.717) is 34.6 Å². The number of fused-ring (bicyclic) bond motifs is 2. The molecule has 136 valence electrons. The number of hydrogen-bond donors (Lipinski definition) is 0. The lowest BCUT2D eigenvalue weighted by molar-refractivity contribution is 0.169. The predicted octanol–water partition coefficient (Wildman–Crippen LogP) is 3.47. The van der Waals surface area contributed by atoms with Gasteiger partial charge in [0, 0.05) is 5.02 Å². The molecule has 0 bridgehead atoms. The molecule has 0 fully saturated rings. The van der Waals surface area contributed by atoms with Crippen LogP contribution in [0.15, 0.2) is 35.2 Å². The van der Waals surface area contributed by atoms with E-state index in [9.17, 15) is 13.2 Å². The summed E-state index contributed by atoms with van der Waals surface area (Å²) in [6.45, 7) is 0.601. The Bertz CT molecular complexity index is 1020. The molecule has 0 aromatic heterocycles. The summed E-state index contributed by atoms with van der Waals surface area (Å²) in [5.74, 6) is 0.829. The first-order valence-electron chi connectivity index (χ1n) is 7.48. The summed E-state index contributed by atoms with van der Waals surface area (Å²) >= 11 is 11.8. The zero-order valence-corrected chi connectivity index (χ0v) is 15.4. The van der Waals surface area contributed by atoms with E-state index in [2.05, 4.69) is 0 Å². The molecular formula is C16H11Cl2NO6S. The first-order chi connectivity index (χ1) is 12.4. The number of sulfonamides is 1. The second kappa shape index (κ2) is 6.22. The molecule has 4 rings (SSSR count). The maximum Gasteiger partial charge on any atom is 0.429 e.